The molecule has 0 saturated heterocycles. The summed E-state index contributed by atoms with van der Waals surface area (Å²) in [6.45, 7) is 2.85. The second kappa shape index (κ2) is 8.46. The van der Waals surface area contributed by atoms with Crippen LogP contribution >= 0.6 is 0 Å². The molecule has 0 aliphatic heterocycles. The van der Waals surface area contributed by atoms with E-state index in [0.717, 1.165) is 16.5 Å². The summed E-state index contributed by atoms with van der Waals surface area (Å²) in [6.07, 6.45) is -5.22. The van der Waals surface area contributed by atoms with E-state index in [1.807, 2.05) is 35.8 Å². The molecule has 0 fully saturated rings. The molecule has 9 heteroatoms. The van der Waals surface area contributed by atoms with Gasteiger partial charge in [-0.15, -0.1) is 0 Å². The molecule has 32 heavy (non-hydrogen) atoms. The summed E-state index contributed by atoms with van der Waals surface area (Å²) in [7, 11) is 0. The molecule has 0 amide bonds. The van der Waals surface area contributed by atoms with Gasteiger partial charge in [-0.25, -0.2) is 9.18 Å². The van der Waals surface area contributed by atoms with Gasteiger partial charge in [0.05, 0.1) is 17.6 Å². The van der Waals surface area contributed by atoms with Crippen LogP contribution in [0.1, 0.15) is 31.0 Å². The van der Waals surface area contributed by atoms with E-state index in [9.17, 15) is 22.4 Å². The average Bonchev–Trinajstić information content (AvgIpc) is 3.21. The van der Waals surface area contributed by atoms with Crippen molar-refractivity contribution in [3.05, 3.63) is 70.0 Å². The van der Waals surface area contributed by atoms with Crippen LogP contribution in [0.2, 0.25) is 0 Å². The Balaban J connectivity index is 1.82. The van der Waals surface area contributed by atoms with Crippen LogP contribution in [0.25, 0.3) is 21.9 Å². The Bertz CT molecular complexity index is 1330. The maximum Gasteiger partial charge on any atom is 0.389 e. The predicted molar refractivity (Wildman–Crippen MR) is 116 cm³/mol. The van der Waals surface area contributed by atoms with E-state index < -0.39 is 18.4 Å². The minimum Gasteiger partial charge on any atom is -0.343 e. The van der Waals surface area contributed by atoms with Crippen molar-refractivity contribution in [3.63, 3.8) is 0 Å². The van der Waals surface area contributed by atoms with Gasteiger partial charge in [0.25, 0.3) is 0 Å². The third-order valence-corrected chi connectivity index (χ3v) is 5.75. The lowest BCUT2D eigenvalue weighted by Crippen LogP contribution is -2.25. The quantitative estimate of drug-likeness (QED) is 0.414. The van der Waals surface area contributed by atoms with E-state index in [1.54, 1.807) is 10.6 Å². The average molecular weight is 448 g/mol. The molecule has 2 N–H and O–H groups in total. The number of fused-ring (bicyclic) bond motifs is 2. The Morgan fingerprint density at radius 1 is 0.938 bits per heavy atom. The molecular formula is C23H24F4N4O. The van der Waals surface area contributed by atoms with E-state index in [-0.39, 0.29) is 25.2 Å². The monoisotopic (exact) mass is 448 g/mol. The lowest BCUT2D eigenvalue weighted by atomic mass is 10.1. The summed E-state index contributed by atoms with van der Waals surface area (Å²) in [5.74, 6) is -0.460. The highest BCUT2D eigenvalue weighted by Crippen LogP contribution is 2.27. The molecule has 2 aromatic heterocycles. The lowest BCUT2D eigenvalue weighted by molar-refractivity contribution is -0.135. The largest absolute Gasteiger partial charge is 0.389 e. The molecule has 0 aliphatic carbocycles. The van der Waals surface area contributed by atoms with Crippen molar-refractivity contribution in [2.75, 3.05) is 0 Å². The fourth-order valence-corrected chi connectivity index (χ4v) is 4.25. The third-order valence-electron chi connectivity index (χ3n) is 5.75. The van der Waals surface area contributed by atoms with Gasteiger partial charge in [0.15, 0.2) is 0 Å². The third kappa shape index (κ3) is 4.17. The second-order valence-corrected chi connectivity index (χ2v) is 7.85. The van der Waals surface area contributed by atoms with Crippen LogP contribution in [0.5, 0.6) is 0 Å². The highest BCUT2D eigenvalue weighted by Gasteiger charge is 2.26. The van der Waals surface area contributed by atoms with E-state index >= 15 is 0 Å². The minimum atomic E-state index is -4.24. The summed E-state index contributed by atoms with van der Waals surface area (Å²) >= 11 is 0. The van der Waals surface area contributed by atoms with Crippen molar-refractivity contribution in [2.45, 2.75) is 52.1 Å². The van der Waals surface area contributed by atoms with Crippen molar-refractivity contribution in [2.24, 2.45) is 5.73 Å². The number of nitrogens with two attached hydrogens (primary N) is 1. The Labute approximate surface area is 181 Å². The van der Waals surface area contributed by atoms with Gasteiger partial charge in [0, 0.05) is 42.7 Å². The molecule has 0 spiro atoms. The summed E-state index contributed by atoms with van der Waals surface area (Å²) in [6, 6.07) is 11.6. The van der Waals surface area contributed by atoms with Gasteiger partial charge in [-0.1, -0.05) is 6.07 Å². The molecule has 0 unspecified atom stereocenters. The zero-order chi connectivity index (χ0) is 23.0. The number of aromatic nitrogens is 3. The number of hydrogen-bond acceptors (Lipinski definition) is 2. The topological polar surface area (TPSA) is 57.9 Å². The van der Waals surface area contributed by atoms with Crippen LogP contribution < -0.4 is 11.4 Å². The number of hydrogen-bond donors (Lipinski definition) is 1. The Morgan fingerprint density at radius 3 is 2.38 bits per heavy atom. The van der Waals surface area contributed by atoms with Gasteiger partial charge in [0.2, 0.25) is 0 Å². The normalized spacial score (nSPS) is 12.3. The van der Waals surface area contributed by atoms with Crippen LogP contribution in [0.4, 0.5) is 17.6 Å². The highest BCUT2D eigenvalue weighted by atomic mass is 19.4. The molecule has 5 nitrogen and oxygen atoms in total. The van der Waals surface area contributed by atoms with Gasteiger partial charge in [0.1, 0.15) is 5.82 Å². The molecule has 0 atom stereocenters. The zero-order valence-electron chi connectivity index (χ0n) is 17.6. The predicted octanol–water partition coefficient (Wildman–Crippen LogP) is 4.77. The van der Waals surface area contributed by atoms with Crippen molar-refractivity contribution in [1.82, 2.24) is 13.7 Å². The van der Waals surface area contributed by atoms with Crippen LogP contribution in [0, 0.1) is 5.82 Å². The van der Waals surface area contributed by atoms with Gasteiger partial charge >= 0.3 is 11.9 Å². The fraction of sp³-hybridized carbons (Fsp3) is 0.348. The van der Waals surface area contributed by atoms with Crippen molar-refractivity contribution < 1.29 is 17.6 Å². The fourth-order valence-electron chi connectivity index (χ4n) is 4.25. The summed E-state index contributed by atoms with van der Waals surface area (Å²) < 4.78 is 57.0. The first kappa shape index (κ1) is 22.1. The smallest absolute Gasteiger partial charge is 0.343 e. The Kier molecular flexibility index (Phi) is 5.85. The maximum absolute atomic E-state index is 14.0. The first-order chi connectivity index (χ1) is 15.2. The molecule has 0 saturated carbocycles. The zero-order valence-corrected chi connectivity index (χ0v) is 17.6. The molecular weight excluding hydrogens is 424 g/mol. The number of aryl methyl sites for hydroxylation is 2. The standard InChI is InChI=1S/C23H24F4N4O/c1-2-29-20-7-5-17(24)12-21(20)31(22(29)32)14-18-11-16-10-15(13-28)4-6-19(16)30(18)9-3-8-23(25,26)27/h4-7,10-12H,2-3,8-9,13-14,28H2,1H3. The van der Waals surface area contributed by atoms with Gasteiger partial charge in [-0.3, -0.25) is 9.13 Å². The van der Waals surface area contributed by atoms with Crippen molar-refractivity contribution in [3.8, 4) is 0 Å². The molecule has 170 valence electrons. The van der Waals surface area contributed by atoms with E-state index in [4.69, 9.17) is 5.73 Å². The van der Waals surface area contributed by atoms with E-state index in [0.29, 0.717) is 29.8 Å². The SMILES string of the molecule is CCn1c(=O)n(Cc2cc3cc(CN)ccc3n2CCCC(F)(F)F)c2cc(F)ccc21. The van der Waals surface area contributed by atoms with E-state index in [1.165, 1.54) is 16.7 Å². The number of halogens is 4. The number of nitrogens with zero attached hydrogens (tertiary/aromatic N) is 3. The molecule has 2 heterocycles. The molecule has 0 aliphatic rings. The molecule has 0 bridgehead atoms. The molecule has 4 aromatic rings. The Hall–Kier alpha value is -3.07. The summed E-state index contributed by atoms with van der Waals surface area (Å²) in [5, 5.41) is 0.841. The van der Waals surface area contributed by atoms with Crippen molar-refractivity contribution in [1.29, 1.82) is 0 Å². The highest BCUT2D eigenvalue weighted by molar-refractivity contribution is 5.82. The number of benzene rings is 2. The van der Waals surface area contributed by atoms with E-state index in [2.05, 4.69) is 0 Å². The first-order valence-corrected chi connectivity index (χ1v) is 10.5. The molecule has 0 radical (unpaired) electrons. The minimum absolute atomic E-state index is 0.0842. The number of rotatable bonds is 7. The van der Waals surface area contributed by atoms with Gasteiger partial charge in [-0.2, -0.15) is 13.2 Å². The molecule has 4 rings (SSSR count). The van der Waals surface area contributed by atoms with Gasteiger partial charge in [-0.05, 0) is 55.3 Å². The number of alkyl halides is 3. The van der Waals surface area contributed by atoms with Crippen molar-refractivity contribution >= 4 is 21.9 Å². The summed E-state index contributed by atoms with van der Waals surface area (Å²) in [5.41, 5.74) is 8.87. The lowest BCUT2D eigenvalue weighted by Gasteiger charge is -2.13. The second-order valence-electron chi connectivity index (χ2n) is 7.85. The van der Waals surface area contributed by atoms with Crippen LogP contribution in [-0.4, -0.2) is 19.9 Å². The maximum atomic E-state index is 14.0. The number of imidazole rings is 1. The Morgan fingerprint density at radius 2 is 1.69 bits per heavy atom. The van der Waals surface area contributed by atoms with Crippen LogP contribution in [0.3, 0.4) is 0 Å². The van der Waals surface area contributed by atoms with Crippen LogP contribution in [0.15, 0.2) is 47.3 Å². The first-order valence-electron chi connectivity index (χ1n) is 10.5. The van der Waals surface area contributed by atoms with Crippen LogP contribution in [-0.2, 0) is 26.2 Å². The molecule has 2 aromatic carbocycles. The van der Waals surface area contributed by atoms with Gasteiger partial charge < -0.3 is 10.3 Å². The summed E-state index contributed by atoms with van der Waals surface area (Å²) in [4.78, 5) is 13.0.